The summed E-state index contributed by atoms with van der Waals surface area (Å²) in [6.07, 6.45) is 4.80. The summed E-state index contributed by atoms with van der Waals surface area (Å²) in [5, 5.41) is 10.1. The van der Waals surface area contributed by atoms with E-state index >= 15 is 0 Å². The maximum atomic E-state index is 13.0. The topological polar surface area (TPSA) is 119 Å². The third-order valence-corrected chi connectivity index (χ3v) is 7.85. The Morgan fingerprint density at radius 1 is 1.10 bits per heavy atom. The number of benzene rings is 1. The van der Waals surface area contributed by atoms with Crippen LogP contribution in [-0.4, -0.2) is 59.7 Å². The number of ether oxygens (including phenoxy) is 2. The van der Waals surface area contributed by atoms with Gasteiger partial charge in [-0.1, -0.05) is 35.9 Å². The average molecular weight is 591 g/mol. The summed E-state index contributed by atoms with van der Waals surface area (Å²) in [5.74, 6) is 0.609. The number of amides is 1. The summed E-state index contributed by atoms with van der Waals surface area (Å²) in [7, 11) is 3.25. The van der Waals surface area contributed by atoms with Gasteiger partial charge in [0.2, 0.25) is 11.8 Å². The predicted molar refractivity (Wildman–Crippen MR) is 163 cm³/mol. The minimum absolute atomic E-state index is 0.0496. The highest BCUT2D eigenvalue weighted by atomic mass is 35.5. The molecule has 0 saturated carbocycles. The minimum Gasteiger partial charge on any atom is -0.481 e. The van der Waals surface area contributed by atoms with Crippen LogP contribution in [-0.2, 0) is 22.6 Å². The van der Waals surface area contributed by atoms with Gasteiger partial charge in [0, 0.05) is 80.4 Å². The maximum absolute atomic E-state index is 13.0. The first-order valence-corrected chi connectivity index (χ1v) is 14.3. The van der Waals surface area contributed by atoms with Crippen molar-refractivity contribution >= 4 is 23.2 Å². The molecule has 2 atom stereocenters. The second-order valence-electron chi connectivity index (χ2n) is 10.4. The first-order chi connectivity index (χ1) is 20.4. The van der Waals surface area contributed by atoms with Gasteiger partial charge in [-0.25, -0.2) is 9.97 Å². The van der Waals surface area contributed by atoms with Gasteiger partial charge in [0.1, 0.15) is 5.65 Å². The van der Waals surface area contributed by atoms with Crippen LogP contribution in [0.4, 0.5) is 0 Å². The number of hydrogen-bond acceptors (Lipinski definition) is 8. The molecule has 1 aliphatic heterocycles. The standard InChI is InChI=1S/C31H35ClN6O4/c1-19(41-2)14-33-16-22-17-35-27-13-20(11-12-38(27)31(22)40)24-5-4-6-25(29(24)32)26-9-7-21(30(37-26)42-3)15-34-18-23-8-10-28(39)36-23/h4-7,9,11-13,17,19,23,33-34H,8,10,14-16,18H2,1-3H3,(H,36,39)/t19-,23-/m0/s1. The molecule has 0 bridgehead atoms. The molecule has 0 radical (unpaired) electrons. The predicted octanol–water partition coefficient (Wildman–Crippen LogP) is 3.58. The van der Waals surface area contributed by atoms with Crippen molar-refractivity contribution in [2.45, 2.75) is 45.0 Å². The molecule has 4 aromatic rings. The molecule has 11 heteroatoms. The lowest BCUT2D eigenvalue weighted by Crippen LogP contribution is -2.35. The molecule has 1 aromatic carbocycles. The minimum atomic E-state index is -0.122. The summed E-state index contributed by atoms with van der Waals surface area (Å²) in [6.45, 7) is 4.24. The van der Waals surface area contributed by atoms with Crippen molar-refractivity contribution in [3.63, 3.8) is 0 Å². The Labute approximate surface area is 249 Å². The molecular formula is C31H35ClN6O4. The SMILES string of the molecule is COc1nc(-c2cccc(-c3ccn4c(=O)c(CNC[C@H](C)OC)cnc4c3)c2Cl)ccc1CNC[C@@H]1CCC(=O)N1. The quantitative estimate of drug-likeness (QED) is 0.229. The van der Waals surface area contributed by atoms with Crippen molar-refractivity contribution in [2.24, 2.45) is 0 Å². The fraction of sp³-hybridized carbons (Fsp3) is 0.355. The van der Waals surface area contributed by atoms with Gasteiger partial charge in [-0.15, -0.1) is 0 Å². The van der Waals surface area contributed by atoms with Crippen LogP contribution >= 0.6 is 11.6 Å². The van der Waals surface area contributed by atoms with Crippen molar-refractivity contribution in [3.8, 4) is 28.3 Å². The number of hydrogen-bond donors (Lipinski definition) is 3. The molecule has 1 fully saturated rings. The zero-order valence-corrected chi connectivity index (χ0v) is 24.7. The van der Waals surface area contributed by atoms with Gasteiger partial charge in [0.05, 0.1) is 23.9 Å². The molecule has 4 heterocycles. The van der Waals surface area contributed by atoms with Gasteiger partial charge >= 0.3 is 0 Å². The molecular weight excluding hydrogens is 556 g/mol. The second kappa shape index (κ2) is 13.4. The number of rotatable bonds is 12. The first kappa shape index (κ1) is 29.7. The number of nitrogens with zero attached hydrogens (tertiary/aromatic N) is 3. The zero-order chi connectivity index (χ0) is 29.6. The normalized spacial score (nSPS) is 15.6. The molecule has 1 aliphatic rings. The van der Waals surface area contributed by atoms with Gasteiger partial charge in [-0.2, -0.15) is 0 Å². The van der Waals surface area contributed by atoms with Crippen molar-refractivity contribution in [3.05, 3.63) is 81.4 Å². The smallest absolute Gasteiger partial charge is 0.262 e. The highest BCUT2D eigenvalue weighted by molar-refractivity contribution is 6.36. The molecule has 1 saturated heterocycles. The molecule has 3 N–H and O–H groups in total. The monoisotopic (exact) mass is 590 g/mol. The van der Waals surface area contributed by atoms with E-state index in [0.29, 0.717) is 60.4 Å². The van der Waals surface area contributed by atoms with Crippen molar-refractivity contribution < 1.29 is 14.3 Å². The lowest BCUT2D eigenvalue weighted by Gasteiger charge is -2.15. The van der Waals surface area contributed by atoms with Crippen LogP contribution in [0.3, 0.4) is 0 Å². The Bertz CT molecular complexity index is 1640. The van der Waals surface area contributed by atoms with Gasteiger partial charge in [0.25, 0.3) is 5.56 Å². The molecule has 5 rings (SSSR count). The van der Waals surface area contributed by atoms with E-state index in [1.54, 1.807) is 26.6 Å². The lowest BCUT2D eigenvalue weighted by atomic mass is 10.0. The lowest BCUT2D eigenvalue weighted by molar-refractivity contribution is -0.119. The summed E-state index contributed by atoms with van der Waals surface area (Å²) in [5.41, 5.74) is 4.97. The third-order valence-electron chi connectivity index (χ3n) is 7.44. The van der Waals surface area contributed by atoms with Crippen molar-refractivity contribution in [1.29, 1.82) is 0 Å². The van der Waals surface area contributed by atoms with Gasteiger partial charge in [-0.3, -0.25) is 14.0 Å². The molecule has 3 aromatic heterocycles. The molecule has 220 valence electrons. The van der Waals surface area contributed by atoms with Crippen LogP contribution in [0.5, 0.6) is 5.88 Å². The van der Waals surface area contributed by atoms with Crippen LogP contribution in [0.1, 0.15) is 30.9 Å². The van der Waals surface area contributed by atoms with E-state index in [-0.39, 0.29) is 23.6 Å². The van der Waals surface area contributed by atoms with E-state index in [2.05, 4.69) is 20.9 Å². The van der Waals surface area contributed by atoms with E-state index in [4.69, 9.17) is 26.1 Å². The summed E-state index contributed by atoms with van der Waals surface area (Å²) in [4.78, 5) is 33.8. The average Bonchev–Trinajstić information content (AvgIpc) is 3.43. The van der Waals surface area contributed by atoms with E-state index in [9.17, 15) is 9.59 Å². The van der Waals surface area contributed by atoms with Crippen LogP contribution in [0.15, 0.2) is 59.7 Å². The number of pyridine rings is 2. The summed E-state index contributed by atoms with van der Waals surface area (Å²) in [6, 6.07) is 13.5. The van der Waals surface area contributed by atoms with E-state index in [0.717, 1.165) is 28.7 Å². The van der Waals surface area contributed by atoms with Gasteiger partial charge in [0.15, 0.2) is 0 Å². The summed E-state index contributed by atoms with van der Waals surface area (Å²) < 4.78 is 12.4. The van der Waals surface area contributed by atoms with E-state index in [1.807, 2.05) is 49.4 Å². The number of carbonyl (C=O) groups is 1. The number of halogens is 1. The zero-order valence-electron chi connectivity index (χ0n) is 23.9. The number of fused-ring (bicyclic) bond motifs is 1. The van der Waals surface area contributed by atoms with E-state index < -0.39 is 0 Å². The Morgan fingerprint density at radius 2 is 1.90 bits per heavy atom. The molecule has 10 nitrogen and oxygen atoms in total. The van der Waals surface area contributed by atoms with E-state index in [1.165, 1.54) is 4.40 Å². The van der Waals surface area contributed by atoms with Gasteiger partial charge in [-0.05, 0) is 37.1 Å². The van der Waals surface area contributed by atoms with Crippen LogP contribution < -0.4 is 26.2 Å². The third kappa shape index (κ3) is 6.63. The highest BCUT2D eigenvalue weighted by Crippen LogP contribution is 2.36. The summed E-state index contributed by atoms with van der Waals surface area (Å²) >= 11 is 6.95. The fourth-order valence-corrected chi connectivity index (χ4v) is 5.32. The second-order valence-corrected chi connectivity index (χ2v) is 10.8. The Balaban J connectivity index is 1.35. The fourth-order valence-electron chi connectivity index (χ4n) is 4.99. The molecule has 0 unspecified atom stereocenters. The first-order valence-electron chi connectivity index (χ1n) is 13.9. The number of methoxy groups -OCH3 is 2. The molecule has 0 aliphatic carbocycles. The van der Waals surface area contributed by atoms with Crippen LogP contribution in [0.25, 0.3) is 28.0 Å². The number of aromatic nitrogens is 3. The molecule has 0 spiro atoms. The Kier molecular flexibility index (Phi) is 9.48. The largest absolute Gasteiger partial charge is 0.481 e. The highest BCUT2D eigenvalue weighted by Gasteiger charge is 2.20. The number of carbonyl (C=O) groups excluding carboxylic acids is 1. The van der Waals surface area contributed by atoms with Crippen molar-refractivity contribution in [2.75, 3.05) is 27.3 Å². The van der Waals surface area contributed by atoms with Crippen molar-refractivity contribution in [1.82, 2.24) is 30.3 Å². The van der Waals surface area contributed by atoms with Crippen LogP contribution in [0.2, 0.25) is 5.02 Å². The van der Waals surface area contributed by atoms with Crippen LogP contribution in [0, 0.1) is 0 Å². The molecule has 1 amide bonds. The Morgan fingerprint density at radius 3 is 2.67 bits per heavy atom. The molecule has 42 heavy (non-hydrogen) atoms. The van der Waals surface area contributed by atoms with Gasteiger partial charge < -0.3 is 25.4 Å². The number of nitrogens with one attached hydrogen (secondary N) is 3. The Hall–Kier alpha value is -3.83. The maximum Gasteiger partial charge on any atom is 0.262 e.